The first-order valence-electron chi connectivity index (χ1n) is 7.91. The molecule has 1 aromatic rings. The molecule has 1 N–H and O–H groups in total. The zero-order chi connectivity index (χ0) is 19.3. The van der Waals surface area contributed by atoms with Gasteiger partial charge in [-0.15, -0.1) is 0 Å². The van der Waals surface area contributed by atoms with Gasteiger partial charge in [-0.2, -0.15) is 0 Å². The molecule has 1 aliphatic heterocycles. The topological polar surface area (TPSA) is 128 Å². The number of nitrogens with zero attached hydrogens (tertiary/aromatic N) is 2. The molecule has 1 aliphatic rings. The summed E-state index contributed by atoms with van der Waals surface area (Å²) in [6, 6.07) is 3.55. The van der Waals surface area contributed by atoms with Gasteiger partial charge in [0.15, 0.2) is 0 Å². The van der Waals surface area contributed by atoms with Gasteiger partial charge in [-0.3, -0.25) is 19.2 Å². The minimum Gasteiger partial charge on any atom is -0.495 e. The number of anilines is 1. The fourth-order valence-corrected chi connectivity index (χ4v) is 3.44. The first-order valence-corrected chi connectivity index (χ1v) is 9.75. The third-order valence-electron chi connectivity index (χ3n) is 3.88. The van der Waals surface area contributed by atoms with E-state index in [1.165, 1.54) is 19.2 Å². The van der Waals surface area contributed by atoms with E-state index in [1.54, 1.807) is 0 Å². The van der Waals surface area contributed by atoms with E-state index in [2.05, 4.69) is 5.32 Å². The zero-order valence-corrected chi connectivity index (χ0v) is 15.3. The van der Waals surface area contributed by atoms with Gasteiger partial charge in [0.25, 0.3) is 5.69 Å². The van der Waals surface area contributed by atoms with Gasteiger partial charge >= 0.3 is 0 Å². The van der Waals surface area contributed by atoms with E-state index >= 15 is 0 Å². The van der Waals surface area contributed by atoms with Gasteiger partial charge in [0.2, 0.25) is 15.9 Å². The van der Waals surface area contributed by atoms with Gasteiger partial charge in [0, 0.05) is 25.3 Å². The van der Waals surface area contributed by atoms with Crippen molar-refractivity contribution >= 4 is 27.3 Å². The van der Waals surface area contributed by atoms with Crippen LogP contribution in [0.4, 0.5) is 11.4 Å². The van der Waals surface area contributed by atoms with Gasteiger partial charge in [-0.25, -0.2) is 8.42 Å². The molecule has 11 heteroatoms. The fourth-order valence-electron chi connectivity index (χ4n) is 2.59. The Morgan fingerprint density at radius 3 is 2.77 bits per heavy atom. The highest BCUT2D eigenvalue weighted by atomic mass is 32.2. The number of amides is 1. The average molecular weight is 387 g/mol. The molecule has 0 unspecified atom stereocenters. The molecular weight excluding hydrogens is 366 g/mol. The number of non-ortho nitro benzene ring substituents is 1. The molecule has 0 aliphatic carbocycles. The van der Waals surface area contributed by atoms with Crippen LogP contribution >= 0.6 is 0 Å². The molecule has 1 atom stereocenters. The Balaban J connectivity index is 2.23. The maximum Gasteiger partial charge on any atom is 0.271 e. The number of rotatable bonds is 8. The van der Waals surface area contributed by atoms with Crippen molar-refractivity contribution in [1.29, 1.82) is 0 Å². The summed E-state index contributed by atoms with van der Waals surface area (Å²) in [4.78, 5) is 22.5. The minimum atomic E-state index is -3.89. The molecule has 144 valence electrons. The van der Waals surface area contributed by atoms with Crippen molar-refractivity contribution in [3.63, 3.8) is 0 Å². The Hall–Kier alpha value is -2.40. The zero-order valence-electron chi connectivity index (χ0n) is 14.5. The Labute approximate surface area is 151 Å². The van der Waals surface area contributed by atoms with Crippen molar-refractivity contribution in [1.82, 2.24) is 5.32 Å². The largest absolute Gasteiger partial charge is 0.495 e. The first-order chi connectivity index (χ1) is 12.2. The molecule has 26 heavy (non-hydrogen) atoms. The molecule has 1 heterocycles. The monoisotopic (exact) mass is 387 g/mol. The van der Waals surface area contributed by atoms with E-state index in [0.29, 0.717) is 6.61 Å². The maximum atomic E-state index is 12.2. The Morgan fingerprint density at radius 2 is 2.23 bits per heavy atom. The summed E-state index contributed by atoms with van der Waals surface area (Å²) in [7, 11) is -2.58. The van der Waals surface area contributed by atoms with Crippen LogP contribution in [0.2, 0.25) is 0 Å². The molecule has 2 rings (SSSR count). The van der Waals surface area contributed by atoms with E-state index in [9.17, 15) is 23.3 Å². The average Bonchev–Trinajstić information content (AvgIpc) is 3.09. The Kier molecular flexibility index (Phi) is 6.37. The second-order valence-electron chi connectivity index (χ2n) is 5.82. The molecule has 0 aromatic heterocycles. The summed E-state index contributed by atoms with van der Waals surface area (Å²) in [5, 5.41) is 13.6. The normalized spacial score (nSPS) is 16.9. The van der Waals surface area contributed by atoms with Crippen LogP contribution in [0.1, 0.15) is 12.8 Å². The minimum absolute atomic E-state index is 0.0727. The highest BCUT2D eigenvalue weighted by Crippen LogP contribution is 2.33. The molecule has 0 radical (unpaired) electrons. The number of ether oxygens (including phenoxy) is 2. The molecule has 1 amide bonds. The highest BCUT2D eigenvalue weighted by Gasteiger charge is 2.26. The van der Waals surface area contributed by atoms with Gasteiger partial charge in [0.1, 0.15) is 18.0 Å². The molecular formula is C15H21N3O7S. The second-order valence-corrected chi connectivity index (χ2v) is 7.73. The number of carbonyl (C=O) groups is 1. The molecule has 1 fully saturated rings. The number of methoxy groups -OCH3 is 1. The van der Waals surface area contributed by atoms with E-state index in [4.69, 9.17) is 9.47 Å². The van der Waals surface area contributed by atoms with Crippen molar-refractivity contribution in [2.24, 2.45) is 0 Å². The first kappa shape index (κ1) is 19.9. The Bertz CT molecular complexity index is 775. The van der Waals surface area contributed by atoms with Crippen molar-refractivity contribution in [3.8, 4) is 5.75 Å². The van der Waals surface area contributed by atoms with E-state index in [0.717, 1.165) is 29.5 Å². The third-order valence-corrected chi connectivity index (χ3v) is 5.01. The number of hydrogen-bond donors (Lipinski definition) is 1. The molecule has 10 nitrogen and oxygen atoms in total. The van der Waals surface area contributed by atoms with Crippen molar-refractivity contribution in [3.05, 3.63) is 28.3 Å². The van der Waals surface area contributed by atoms with Crippen LogP contribution in [-0.4, -0.2) is 58.4 Å². The second kappa shape index (κ2) is 8.32. The smallest absolute Gasteiger partial charge is 0.271 e. The summed E-state index contributed by atoms with van der Waals surface area (Å²) in [5.41, 5.74) is -0.384. The number of carbonyl (C=O) groups excluding carboxylic acids is 1. The van der Waals surface area contributed by atoms with Crippen LogP contribution in [0.15, 0.2) is 18.2 Å². The molecule has 0 spiro atoms. The summed E-state index contributed by atoms with van der Waals surface area (Å²) < 4.78 is 35.6. The number of benzene rings is 1. The lowest BCUT2D eigenvalue weighted by Crippen LogP contribution is -2.42. The molecule has 0 bridgehead atoms. The summed E-state index contributed by atoms with van der Waals surface area (Å²) in [6.45, 7) is 0.395. The van der Waals surface area contributed by atoms with E-state index < -0.39 is 27.4 Å². The van der Waals surface area contributed by atoms with Crippen LogP contribution < -0.4 is 14.4 Å². The number of nitro benzene ring substituents is 1. The maximum absolute atomic E-state index is 12.2. The van der Waals surface area contributed by atoms with Crippen LogP contribution in [0.3, 0.4) is 0 Å². The van der Waals surface area contributed by atoms with Gasteiger partial charge in [0.05, 0.1) is 24.4 Å². The van der Waals surface area contributed by atoms with Gasteiger partial charge in [-0.05, 0) is 18.9 Å². The standard InChI is InChI=1S/C15H21N3O7S/c1-24-14-6-5-11(18(20)21)8-13(14)17(26(2,22)23)10-15(19)16-9-12-4-3-7-25-12/h5-6,8,12H,3-4,7,9-10H2,1-2H3,(H,16,19)/t12-/m0/s1. The SMILES string of the molecule is COc1ccc([N+](=O)[O-])cc1N(CC(=O)NC[C@@H]1CCCO1)S(C)(=O)=O. The van der Waals surface area contributed by atoms with Crippen LogP contribution in [0.25, 0.3) is 0 Å². The van der Waals surface area contributed by atoms with Crippen molar-refractivity contribution in [2.45, 2.75) is 18.9 Å². The summed E-state index contributed by atoms with van der Waals surface area (Å²) in [5.74, 6) is -0.438. The molecule has 1 saturated heterocycles. The lowest BCUT2D eigenvalue weighted by atomic mass is 10.2. The number of nitro groups is 1. The van der Waals surface area contributed by atoms with E-state index in [-0.39, 0.29) is 29.8 Å². The number of sulfonamides is 1. The lowest BCUT2D eigenvalue weighted by molar-refractivity contribution is -0.384. The predicted octanol–water partition coefficient (Wildman–Crippen LogP) is 0.665. The van der Waals surface area contributed by atoms with Gasteiger partial charge in [-0.1, -0.05) is 0 Å². The van der Waals surface area contributed by atoms with E-state index in [1.807, 2.05) is 0 Å². The van der Waals surface area contributed by atoms with Crippen LogP contribution in [0, 0.1) is 10.1 Å². The number of nitrogens with one attached hydrogen (secondary N) is 1. The highest BCUT2D eigenvalue weighted by molar-refractivity contribution is 7.92. The molecule has 1 aromatic carbocycles. The van der Waals surface area contributed by atoms with Gasteiger partial charge < -0.3 is 14.8 Å². The van der Waals surface area contributed by atoms with Crippen LogP contribution in [0.5, 0.6) is 5.75 Å². The van der Waals surface area contributed by atoms with Crippen LogP contribution in [-0.2, 0) is 19.6 Å². The Morgan fingerprint density at radius 1 is 1.50 bits per heavy atom. The predicted molar refractivity (Wildman–Crippen MR) is 93.8 cm³/mol. The fraction of sp³-hybridized carbons (Fsp3) is 0.533. The van der Waals surface area contributed by atoms with Crippen molar-refractivity contribution in [2.75, 3.05) is 37.4 Å². The van der Waals surface area contributed by atoms with Crippen molar-refractivity contribution < 1.29 is 27.6 Å². The number of hydrogen-bond acceptors (Lipinski definition) is 7. The molecule has 0 saturated carbocycles. The quantitative estimate of drug-likeness (QED) is 0.513. The third kappa shape index (κ3) is 5.05. The summed E-state index contributed by atoms with van der Waals surface area (Å²) in [6.07, 6.45) is 2.58. The summed E-state index contributed by atoms with van der Waals surface area (Å²) >= 11 is 0. The lowest BCUT2D eigenvalue weighted by Gasteiger charge is -2.23.